The number of amides is 2. The lowest BCUT2D eigenvalue weighted by Crippen LogP contribution is -2.45. The Morgan fingerprint density at radius 2 is 1.56 bits per heavy atom. The Labute approximate surface area is 158 Å². The van der Waals surface area contributed by atoms with E-state index < -0.39 is 11.9 Å². The van der Waals surface area contributed by atoms with Crippen LogP contribution in [0.1, 0.15) is 33.4 Å². The maximum atomic E-state index is 12.7. The Morgan fingerprint density at radius 3 is 2.15 bits per heavy atom. The van der Waals surface area contributed by atoms with Crippen LogP contribution in [0.5, 0.6) is 0 Å². The van der Waals surface area contributed by atoms with Crippen LogP contribution in [0.25, 0.3) is 5.69 Å². The minimum Gasteiger partial charge on any atom is -0.368 e. The molecule has 1 heterocycles. The quantitative estimate of drug-likeness (QED) is 0.589. The zero-order valence-electron chi connectivity index (χ0n) is 15.3. The van der Waals surface area contributed by atoms with Gasteiger partial charge < -0.3 is 10.3 Å². The summed E-state index contributed by atoms with van der Waals surface area (Å²) in [6, 6.07) is 19.8. The van der Waals surface area contributed by atoms with Crippen molar-refractivity contribution in [2.45, 2.75) is 19.9 Å². The van der Waals surface area contributed by atoms with Gasteiger partial charge in [-0.25, -0.2) is 5.43 Å². The zero-order valence-corrected chi connectivity index (χ0v) is 15.3. The van der Waals surface area contributed by atoms with Crippen LogP contribution in [-0.2, 0) is 4.79 Å². The van der Waals surface area contributed by atoms with Crippen LogP contribution in [-0.4, -0.2) is 16.4 Å². The highest BCUT2D eigenvalue weighted by atomic mass is 16.2. The predicted octanol–water partition coefficient (Wildman–Crippen LogP) is 2.56. The van der Waals surface area contributed by atoms with Crippen LogP contribution in [0, 0.1) is 13.8 Å². The molecule has 6 heteroatoms. The molecule has 138 valence electrons. The molecule has 0 aliphatic heterocycles. The van der Waals surface area contributed by atoms with Gasteiger partial charge in [0, 0.05) is 17.1 Å². The van der Waals surface area contributed by atoms with E-state index in [1.165, 1.54) is 0 Å². The van der Waals surface area contributed by atoms with Gasteiger partial charge in [0.05, 0.1) is 5.56 Å². The fourth-order valence-corrected chi connectivity index (χ4v) is 3.14. The maximum absolute atomic E-state index is 12.7. The Balaban J connectivity index is 1.80. The molecule has 2 aromatic carbocycles. The van der Waals surface area contributed by atoms with Crippen LogP contribution in [0.15, 0.2) is 66.7 Å². The van der Waals surface area contributed by atoms with E-state index in [1.807, 2.05) is 73.0 Å². The van der Waals surface area contributed by atoms with Crippen molar-refractivity contribution in [3.63, 3.8) is 0 Å². The van der Waals surface area contributed by atoms with Crippen molar-refractivity contribution in [3.05, 3.63) is 89.2 Å². The average molecular weight is 362 g/mol. The first-order valence-electron chi connectivity index (χ1n) is 8.63. The Morgan fingerprint density at radius 1 is 0.963 bits per heavy atom. The zero-order chi connectivity index (χ0) is 19.4. The Hall–Kier alpha value is -3.38. The number of para-hydroxylation sites is 1. The standard InChI is InChI=1S/C21H22N4O2/c1-14-13-18(15(2)25(14)17-11-7-4-8-12-17)21(27)24-23-19(20(22)26)16-9-5-3-6-10-16/h3-13,19,23H,1-2H3,(H2,22,26)(H,24,27)/t19-/m1/s1. The number of aromatic nitrogens is 1. The van der Waals surface area contributed by atoms with Crippen LogP contribution in [0.2, 0.25) is 0 Å². The second-order valence-corrected chi connectivity index (χ2v) is 6.30. The van der Waals surface area contributed by atoms with Crippen molar-refractivity contribution < 1.29 is 9.59 Å². The molecule has 27 heavy (non-hydrogen) atoms. The van der Waals surface area contributed by atoms with Gasteiger partial charge in [0.15, 0.2) is 0 Å². The van der Waals surface area contributed by atoms with E-state index in [-0.39, 0.29) is 5.91 Å². The number of nitrogens with two attached hydrogens (primary N) is 1. The minimum atomic E-state index is -0.812. The number of nitrogens with one attached hydrogen (secondary N) is 2. The van der Waals surface area contributed by atoms with Crippen molar-refractivity contribution in [3.8, 4) is 5.69 Å². The topological polar surface area (TPSA) is 89.2 Å². The lowest BCUT2D eigenvalue weighted by atomic mass is 10.1. The van der Waals surface area contributed by atoms with Gasteiger partial charge >= 0.3 is 0 Å². The second-order valence-electron chi connectivity index (χ2n) is 6.30. The summed E-state index contributed by atoms with van der Waals surface area (Å²) in [7, 11) is 0. The smallest absolute Gasteiger partial charge is 0.267 e. The summed E-state index contributed by atoms with van der Waals surface area (Å²) in [5.41, 5.74) is 14.8. The van der Waals surface area contributed by atoms with Gasteiger partial charge in [-0.1, -0.05) is 48.5 Å². The number of hydrogen-bond acceptors (Lipinski definition) is 3. The van der Waals surface area contributed by atoms with E-state index in [9.17, 15) is 9.59 Å². The molecule has 1 atom stereocenters. The van der Waals surface area contributed by atoms with Crippen molar-refractivity contribution in [2.75, 3.05) is 0 Å². The Bertz CT molecular complexity index is 949. The van der Waals surface area contributed by atoms with Crippen LogP contribution >= 0.6 is 0 Å². The fourth-order valence-electron chi connectivity index (χ4n) is 3.14. The number of aryl methyl sites for hydroxylation is 1. The summed E-state index contributed by atoms with van der Waals surface area (Å²) in [6.45, 7) is 3.83. The highest BCUT2D eigenvalue weighted by Crippen LogP contribution is 2.20. The number of benzene rings is 2. The summed E-state index contributed by atoms with van der Waals surface area (Å²) in [6.07, 6.45) is 0. The van der Waals surface area contributed by atoms with E-state index >= 15 is 0 Å². The number of hydrogen-bond donors (Lipinski definition) is 3. The third-order valence-electron chi connectivity index (χ3n) is 4.44. The molecule has 1 aromatic heterocycles. The molecule has 3 aromatic rings. The van der Waals surface area contributed by atoms with E-state index in [0.29, 0.717) is 11.1 Å². The fraction of sp³-hybridized carbons (Fsp3) is 0.143. The summed E-state index contributed by atoms with van der Waals surface area (Å²) >= 11 is 0. The number of carbonyl (C=O) groups excluding carboxylic acids is 2. The normalized spacial score (nSPS) is 11.8. The molecule has 0 spiro atoms. The molecule has 0 aliphatic rings. The molecule has 0 radical (unpaired) electrons. The van der Waals surface area contributed by atoms with Crippen LogP contribution < -0.4 is 16.6 Å². The third kappa shape index (κ3) is 3.91. The van der Waals surface area contributed by atoms with Crippen molar-refractivity contribution >= 4 is 11.8 Å². The second kappa shape index (κ2) is 7.88. The predicted molar refractivity (Wildman–Crippen MR) is 104 cm³/mol. The van der Waals surface area contributed by atoms with E-state index in [2.05, 4.69) is 10.9 Å². The molecular weight excluding hydrogens is 340 g/mol. The highest BCUT2D eigenvalue weighted by molar-refractivity contribution is 5.96. The molecular formula is C21H22N4O2. The summed E-state index contributed by atoms with van der Waals surface area (Å²) in [5.74, 6) is -0.899. The molecule has 0 saturated carbocycles. The first-order chi connectivity index (χ1) is 13.0. The molecule has 6 nitrogen and oxygen atoms in total. The first-order valence-corrected chi connectivity index (χ1v) is 8.63. The van der Waals surface area contributed by atoms with Gasteiger partial charge in [0.1, 0.15) is 6.04 Å². The van der Waals surface area contributed by atoms with Gasteiger partial charge in [-0.15, -0.1) is 0 Å². The third-order valence-corrected chi connectivity index (χ3v) is 4.44. The number of primary amides is 1. The van der Waals surface area contributed by atoms with Gasteiger partial charge in [0.25, 0.3) is 5.91 Å². The molecule has 0 saturated heterocycles. The number of rotatable bonds is 6. The van der Waals surface area contributed by atoms with Crippen molar-refractivity contribution in [1.82, 2.24) is 15.4 Å². The lowest BCUT2D eigenvalue weighted by Gasteiger charge is -2.16. The number of hydrazine groups is 1. The number of nitrogens with zero attached hydrogens (tertiary/aromatic N) is 1. The summed E-state index contributed by atoms with van der Waals surface area (Å²) < 4.78 is 2.01. The monoisotopic (exact) mass is 362 g/mol. The molecule has 0 bridgehead atoms. The lowest BCUT2D eigenvalue weighted by molar-refractivity contribution is -0.120. The first kappa shape index (κ1) is 18.4. The number of carbonyl (C=O) groups is 2. The van der Waals surface area contributed by atoms with Crippen molar-refractivity contribution in [2.24, 2.45) is 5.73 Å². The maximum Gasteiger partial charge on any atom is 0.267 e. The molecule has 0 aliphatic carbocycles. The van der Waals surface area contributed by atoms with E-state index in [0.717, 1.165) is 17.1 Å². The molecule has 0 unspecified atom stereocenters. The van der Waals surface area contributed by atoms with Gasteiger partial charge in [0.2, 0.25) is 5.91 Å². The molecule has 4 N–H and O–H groups in total. The molecule has 3 rings (SSSR count). The summed E-state index contributed by atoms with van der Waals surface area (Å²) in [4.78, 5) is 24.4. The average Bonchev–Trinajstić information content (AvgIpc) is 2.97. The SMILES string of the molecule is Cc1cc(C(=O)NN[C@@H](C(N)=O)c2ccccc2)c(C)n1-c1ccccc1. The van der Waals surface area contributed by atoms with Gasteiger partial charge in [-0.3, -0.25) is 15.0 Å². The highest BCUT2D eigenvalue weighted by Gasteiger charge is 2.21. The Kier molecular flexibility index (Phi) is 5.38. The van der Waals surface area contributed by atoms with Crippen LogP contribution in [0.3, 0.4) is 0 Å². The molecule has 0 fully saturated rings. The molecule has 2 amide bonds. The van der Waals surface area contributed by atoms with Gasteiger partial charge in [-0.05, 0) is 37.6 Å². The van der Waals surface area contributed by atoms with Crippen molar-refractivity contribution in [1.29, 1.82) is 0 Å². The van der Waals surface area contributed by atoms with Crippen LogP contribution in [0.4, 0.5) is 0 Å². The van der Waals surface area contributed by atoms with E-state index in [1.54, 1.807) is 12.1 Å². The minimum absolute atomic E-state index is 0.326. The summed E-state index contributed by atoms with van der Waals surface area (Å²) in [5, 5.41) is 0. The largest absolute Gasteiger partial charge is 0.368 e. The van der Waals surface area contributed by atoms with E-state index in [4.69, 9.17) is 5.73 Å². The van der Waals surface area contributed by atoms with Gasteiger partial charge in [-0.2, -0.15) is 0 Å².